The van der Waals surface area contributed by atoms with Crippen LogP contribution in [0, 0.1) is 0 Å². The van der Waals surface area contributed by atoms with Crippen LogP contribution in [0.2, 0.25) is 10.0 Å². The molecule has 3 aromatic rings. The fourth-order valence-corrected chi connectivity index (χ4v) is 2.76. The minimum atomic E-state index is 0.551. The van der Waals surface area contributed by atoms with E-state index in [2.05, 4.69) is 10.3 Å². The molecule has 0 saturated carbocycles. The maximum atomic E-state index is 6.04. The van der Waals surface area contributed by atoms with Gasteiger partial charge in [-0.2, -0.15) is 0 Å². The first kappa shape index (κ1) is 16.7. The van der Waals surface area contributed by atoms with Gasteiger partial charge in [-0.25, -0.2) is 4.98 Å². The second kappa shape index (κ2) is 7.16. The van der Waals surface area contributed by atoms with Gasteiger partial charge in [0.1, 0.15) is 5.75 Å². The van der Waals surface area contributed by atoms with Gasteiger partial charge in [-0.15, -0.1) is 0 Å². The topological polar surface area (TPSA) is 39.1 Å². The van der Waals surface area contributed by atoms with E-state index in [1.165, 1.54) is 0 Å². The van der Waals surface area contributed by atoms with Crippen molar-refractivity contribution in [1.29, 1.82) is 0 Å². The van der Waals surface area contributed by atoms with Crippen molar-refractivity contribution in [3.05, 3.63) is 64.3 Å². The Bertz CT molecular complexity index is 844. The first-order chi connectivity index (χ1) is 11.6. The number of aromatic nitrogens is 2. The maximum absolute atomic E-state index is 6.04. The minimum Gasteiger partial charge on any atom is -0.497 e. The standard InChI is InChI=1S/C18H17Cl2N3O/c1-23-17(13-4-6-14(24-2)7-5-13)11-22-18(23)21-10-12-3-8-15(19)16(20)9-12/h3-9,11H,10H2,1-2H3,(H,21,22). The van der Waals surface area contributed by atoms with Crippen molar-refractivity contribution in [2.75, 3.05) is 12.4 Å². The van der Waals surface area contributed by atoms with Gasteiger partial charge in [0, 0.05) is 19.2 Å². The van der Waals surface area contributed by atoms with Crippen LogP contribution in [0.5, 0.6) is 5.75 Å². The molecule has 124 valence electrons. The molecule has 0 fully saturated rings. The highest BCUT2D eigenvalue weighted by molar-refractivity contribution is 6.42. The highest BCUT2D eigenvalue weighted by Gasteiger charge is 2.09. The number of methoxy groups -OCH3 is 1. The molecule has 0 aliphatic carbocycles. The number of ether oxygens (including phenoxy) is 1. The van der Waals surface area contributed by atoms with E-state index in [1.54, 1.807) is 13.2 Å². The van der Waals surface area contributed by atoms with Crippen LogP contribution in [0.25, 0.3) is 11.3 Å². The van der Waals surface area contributed by atoms with Crippen LogP contribution in [0.4, 0.5) is 5.95 Å². The van der Waals surface area contributed by atoms with Crippen LogP contribution in [-0.4, -0.2) is 16.7 Å². The molecule has 0 aliphatic heterocycles. The molecule has 3 rings (SSSR count). The van der Waals surface area contributed by atoms with E-state index in [-0.39, 0.29) is 0 Å². The number of nitrogens with zero attached hydrogens (tertiary/aromatic N) is 2. The van der Waals surface area contributed by atoms with Crippen molar-refractivity contribution in [3.8, 4) is 17.0 Å². The van der Waals surface area contributed by atoms with Crippen molar-refractivity contribution in [2.45, 2.75) is 6.54 Å². The first-order valence-corrected chi connectivity index (χ1v) is 8.18. The predicted octanol–water partition coefficient (Wildman–Crippen LogP) is 5.01. The Morgan fingerprint density at radius 3 is 2.50 bits per heavy atom. The number of hydrogen-bond donors (Lipinski definition) is 1. The molecule has 4 nitrogen and oxygen atoms in total. The van der Waals surface area contributed by atoms with Crippen LogP contribution in [0.1, 0.15) is 5.56 Å². The zero-order valence-electron chi connectivity index (χ0n) is 13.4. The van der Waals surface area contributed by atoms with Crippen LogP contribution in [0.15, 0.2) is 48.7 Å². The Balaban J connectivity index is 1.75. The summed E-state index contributed by atoms with van der Waals surface area (Å²) in [4.78, 5) is 4.45. The van der Waals surface area contributed by atoms with Gasteiger partial charge in [0.05, 0.1) is 29.0 Å². The number of halogens is 2. The molecule has 0 atom stereocenters. The number of benzene rings is 2. The monoisotopic (exact) mass is 361 g/mol. The van der Waals surface area contributed by atoms with Crippen LogP contribution < -0.4 is 10.1 Å². The number of imidazole rings is 1. The second-order valence-electron chi connectivity index (χ2n) is 5.36. The molecule has 0 aliphatic rings. The van der Waals surface area contributed by atoms with Crippen LogP contribution in [0.3, 0.4) is 0 Å². The van der Waals surface area contributed by atoms with E-state index in [0.717, 1.165) is 28.5 Å². The zero-order chi connectivity index (χ0) is 17.1. The summed E-state index contributed by atoms with van der Waals surface area (Å²) in [6, 6.07) is 13.5. The largest absolute Gasteiger partial charge is 0.497 e. The molecule has 1 heterocycles. The lowest BCUT2D eigenvalue weighted by molar-refractivity contribution is 0.415. The Labute approximate surface area is 151 Å². The van der Waals surface area contributed by atoms with Gasteiger partial charge in [0.25, 0.3) is 0 Å². The maximum Gasteiger partial charge on any atom is 0.203 e. The smallest absolute Gasteiger partial charge is 0.203 e. The van der Waals surface area contributed by atoms with Crippen molar-refractivity contribution in [2.24, 2.45) is 7.05 Å². The molecule has 0 radical (unpaired) electrons. The van der Waals surface area contributed by atoms with Gasteiger partial charge in [0.15, 0.2) is 0 Å². The summed E-state index contributed by atoms with van der Waals surface area (Å²) < 4.78 is 7.20. The number of rotatable bonds is 5. The molecule has 0 spiro atoms. The van der Waals surface area contributed by atoms with Crippen LogP contribution >= 0.6 is 23.2 Å². The normalized spacial score (nSPS) is 10.7. The molecule has 0 bridgehead atoms. The quantitative estimate of drug-likeness (QED) is 0.693. The Hall–Kier alpha value is -2.17. The molecule has 0 saturated heterocycles. The van der Waals surface area contributed by atoms with E-state index < -0.39 is 0 Å². The van der Waals surface area contributed by atoms with Crippen molar-refractivity contribution in [1.82, 2.24) is 9.55 Å². The number of hydrogen-bond acceptors (Lipinski definition) is 3. The lowest BCUT2D eigenvalue weighted by Gasteiger charge is -2.09. The summed E-state index contributed by atoms with van der Waals surface area (Å²) in [5.74, 6) is 1.62. The third kappa shape index (κ3) is 3.50. The SMILES string of the molecule is COc1ccc(-c2cnc(NCc3ccc(Cl)c(Cl)c3)n2C)cc1. The average Bonchev–Trinajstić information content (AvgIpc) is 2.97. The molecule has 24 heavy (non-hydrogen) atoms. The molecule has 2 aromatic carbocycles. The van der Waals surface area contributed by atoms with E-state index in [1.807, 2.05) is 54.2 Å². The zero-order valence-corrected chi connectivity index (χ0v) is 14.9. The van der Waals surface area contributed by atoms with Crippen LogP contribution in [-0.2, 0) is 13.6 Å². The number of anilines is 1. The Morgan fingerprint density at radius 2 is 1.83 bits per heavy atom. The molecular formula is C18H17Cl2N3O. The van der Waals surface area contributed by atoms with Crippen molar-refractivity contribution in [3.63, 3.8) is 0 Å². The van der Waals surface area contributed by atoms with Gasteiger partial charge >= 0.3 is 0 Å². The van der Waals surface area contributed by atoms with Crippen molar-refractivity contribution >= 4 is 29.2 Å². The van der Waals surface area contributed by atoms with Crippen molar-refractivity contribution < 1.29 is 4.74 Å². The second-order valence-corrected chi connectivity index (χ2v) is 6.17. The van der Waals surface area contributed by atoms with Gasteiger partial charge in [-0.1, -0.05) is 29.3 Å². The lowest BCUT2D eigenvalue weighted by atomic mass is 10.1. The van der Waals surface area contributed by atoms with E-state index in [9.17, 15) is 0 Å². The molecule has 1 N–H and O–H groups in total. The third-order valence-electron chi connectivity index (χ3n) is 3.81. The lowest BCUT2D eigenvalue weighted by Crippen LogP contribution is -2.05. The van der Waals surface area contributed by atoms with Gasteiger partial charge in [-0.05, 0) is 42.0 Å². The summed E-state index contributed by atoms with van der Waals surface area (Å²) in [7, 11) is 3.63. The summed E-state index contributed by atoms with van der Waals surface area (Å²) in [5, 5.41) is 4.42. The Morgan fingerprint density at radius 1 is 1.08 bits per heavy atom. The average molecular weight is 362 g/mol. The summed E-state index contributed by atoms with van der Waals surface area (Å²) in [5.41, 5.74) is 3.14. The highest BCUT2D eigenvalue weighted by atomic mass is 35.5. The Kier molecular flexibility index (Phi) is 4.97. The molecule has 0 amide bonds. The molecule has 6 heteroatoms. The molecule has 0 unspecified atom stereocenters. The minimum absolute atomic E-state index is 0.551. The highest BCUT2D eigenvalue weighted by Crippen LogP contribution is 2.25. The third-order valence-corrected chi connectivity index (χ3v) is 4.55. The van der Waals surface area contributed by atoms with Gasteiger partial charge in [-0.3, -0.25) is 0 Å². The fourth-order valence-electron chi connectivity index (χ4n) is 2.43. The fraction of sp³-hybridized carbons (Fsp3) is 0.167. The summed E-state index contributed by atoms with van der Waals surface area (Å²) >= 11 is 12.0. The van der Waals surface area contributed by atoms with E-state index in [0.29, 0.717) is 16.6 Å². The first-order valence-electron chi connectivity index (χ1n) is 7.42. The summed E-state index contributed by atoms with van der Waals surface area (Å²) in [6.45, 7) is 0.615. The van der Waals surface area contributed by atoms with Gasteiger partial charge < -0.3 is 14.6 Å². The van der Waals surface area contributed by atoms with E-state index >= 15 is 0 Å². The summed E-state index contributed by atoms with van der Waals surface area (Å²) in [6.07, 6.45) is 1.85. The number of nitrogens with one attached hydrogen (secondary N) is 1. The molecular weight excluding hydrogens is 345 g/mol. The predicted molar refractivity (Wildman–Crippen MR) is 99.0 cm³/mol. The van der Waals surface area contributed by atoms with E-state index in [4.69, 9.17) is 27.9 Å². The molecule has 1 aromatic heterocycles. The van der Waals surface area contributed by atoms with Gasteiger partial charge in [0.2, 0.25) is 5.95 Å².